The lowest BCUT2D eigenvalue weighted by atomic mass is 9.99. The molecule has 2 aliphatic heterocycles. The van der Waals surface area contributed by atoms with Gasteiger partial charge in [-0.05, 0) is 18.8 Å². The first kappa shape index (κ1) is 14.6. The normalized spacial score (nSPS) is 29.2. The molecule has 0 radical (unpaired) electrons. The van der Waals surface area contributed by atoms with Crippen molar-refractivity contribution in [2.24, 2.45) is 5.92 Å². The van der Waals surface area contributed by atoms with Gasteiger partial charge in [0.1, 0.15) is 12.1 Å². The molecule has 112 valence electrons. The van der Waals surface area contributed by atoms with Gasteiger partial charge >= 0.3 is 6.09 Å². The Bertz CT molecular complexity index is 424. The van der Waals surface area contributed by atoms with Crippen molar-refractivity contribution >= 4 is 17.9 Å². The summed E-state index contributed by atoms with van der Waals surface area (Å²) in [6.45, 7) is 4.38. The van der Waals surface area contributed by atoms with Crippen LogP contribution in [0.4, 0.5) is 4.79 Å². The van der Waals surface area contributed by atoms with Crippen molar-refractivity contribution in [3.63, 3.8) is 0 Å². The van der Waals surface area contributed by atoms with Crippen molar-refractivity contribution in [3.8, 4) is 0 Å². The highest BCUT2D eigenvalue weighted by molar-refractivity contribution is 5.97. The Kier molecular flexibility index (Phi) is 4.15. The number of rotatable bonds is 3. The lowest BCUT2D eigenvalue weighted by Gasteiger charge is -2.35. The monoisotopic (exact) mass is 283 g/mol. The summed E-state index contributed by atoms with van der Waals surface area (Å²) in [6.07, 6.45) is 0.519. The van der Waals surface area contributed by atoms with Gasteiger partial charge in [0.15, 0.2) is 0 Å². The van der Waals surface area contributed by atoms with Crippen molar-refractivity contribution in [1.82, 2.24) is 15.5 Å². The van der Waals surface area contributed by atoms with E-state index < -0.39 is 18.2 Å². The van der Waals surface area contributed by atoms with Crippen LogP contribution >= 0.6 is 0 Å². The fraction of sp³-hybridized carbons (Fsp3) is 0.769. The summed E-state index contributed by atoms with van der Waals surface area (Å²) >= 11 is 0. The number of hydrogen-bond acceptors (Lipinski definition) is 4. The zero-order valence-electron chi connectivity index (χ0n) is 12.0. The first-order chi connectivity index (χ1) is 9.42. The number of carbonyl (C=O) groups is 3. The molecule has 2 heterocycles. The quantitative estimate of drug-likeness (QED) is 0.754. The van der Waals surface area contributed by atoms with E-state index in [0.29, 0.717) is 25.3 Å². The molecule has 0 bridgehead atoms. The number of piperazine rings is 1. The maximum Gasteiger partial charge on any atom is 0.407 e. The predicted molar refractivity (Wildman–Crippen MR) is 70.8 cm³/mol. The van der Waals surface area contributed by atoms with Gasteiger partial charge in [-0.1, -0.05) is 13.8 Å². The average molecular weight is 283 g/mol. The van der Waals surface area contributed by atoms with Gasteiger partial charge < -0.3 is 20.3 Å². The van der Waals surface area contributed by atoms with E-state index in [2.05, 4.69) is 15.4 Å². The maximum atomic E-state index is 12.4. The summed E-state index contributed by atoms with van der Waals surface area (Å²) < 4.78 is 4.54. The first-order valence-electron chi connectivity index (χ1n) is 6.87. The van der Waals surface area contributed by atoms with Crippen LogP contribution in [0.3, 0.4) is 0 Å². The SMILES string of the molecule is COC(=O)N[C@H]1C[C@H]2C(=O)N[C@H](CC(C)C)C(=O)N2C1. The molecular weight excluding hydrogens is 262 g/mol. The van der Waals surface area contributed by atoms with Gasteiger partial charge in [-0.15, -0.1) is 0 Å². The summed E-state index contributed by atoms with van der Waals surface area (Å²) in [7, 11) is 1.29. The Hall–Kier alpha value is -1.79. The number of methoxy groups -OCH3 is 1. The Balaban J connectivity index is 2.04. The molecule has 3 amide bonds. The minimum Gasteiger partial charge on any atom is -0.453 e. The lowest BCUT2D eigenvalue weighted by molar-refractivity contribution is -0.147. The summed E-state index contributed by atoms with van der Waals surface area (Å²) in [6, 6.07) is -1.16. The third-order valence-corrected chi connectivity index (χ3v) is 3.72. The molecule has 7 heteroatoms. The standard InChI is InChI=1S/C13H21N3O4/c1-7(2)4-9-12(18)16-6-8(14-13(19)20-3)5-10(16)11(17)15-9/h7-10H,4-6H2,1-3H3,(H,14,19)(H,15,17)/t8-,9+,10-/m0/s1. The molecule has 2 rings (SSSR count). The number of hydrogen-bond donors (Lipinski definition) is 2. The molecule has 20 heavy (non-hydrogen) atoms. The van der Waals surface area contributed by atoms with E-state index >= 15 is 0 Å². The average Bonchev–Trinajstić information content (AvgIpc) is 2.79. The number of ether oxygens (including phenoxy) is 1. The van der Waals surface area contributed by atoms with E-state index in [1.54, 1.807) is 4.90 Å². The van der Waals surface area contributed by atoms with Crippen LogP contribution < -0.4 is 10.6 Å². The summed E-state index contributed by atoms with van der Waals surface area (Å²) in [5.41, 5.74) is 0. The van der Waals surface area contributed by atoms with Gasteiger partial charge in [0.25, 0.3) is 0 Å². The van der Waals surface area contributed by atoms with Crippen molar-refractivity contribution in [1.29, 1.82) is 0 Å². The number of nitrogens with one attached hydrogen (secondary N) is 2. The second kappa shape index (κ2) is 5.68. The van der Waals surface area contributed by atoms with Gasteiger partial charge in [-0.3, -0.25) is 9.59 Å². The summed E-state index contributed by atoms with van der Waals surface area (Å²) in [5.74, 6) is 0.134. The number of fused-ring (bicyclic) bond motifs is 1. The van der Waals surface area contributed by atoms with Gasteiger partial charge in [0.05, 0.1) is 13.2 Å². The second-order valence-corrected chi connectivity index (χ2v) is 5.77. The fourth-order valence-electron chi connectivity index (χ4n) is 2.82. The van der Waals surface area contributed by atoms with Crippen LogP contribution in [0.2, 0.25) is 0 Å². The highest BCUT2D eigenvalue weighted by atomic mass is 16.5. The molecule has 2 N–H and O–H groups in total. The van der Waals surface area contributed by atoms with Gasteiger partial charge in [0.2, 0.25) is 11.8 Å². The van der Waals surface area contributed by atoms with Crippen LogP contribution in [0.25, 0.3) is 0 Å². The summed E-state index contributed by atoms with van der Waals surface area (Å²) in [4.78, 5) is 37.2. The number of alkyl carbamates (subject to hydrolysis) is 1. The Labute approximate surface area is 118 Å². The molecule has 0 aliphatic carbocycles. The van der Waals surface area contributed by atoms with E-state index in [1.807, 2.05) is 13.8 Å². The van der Waals surface area contributed by atoms with Crippen molar-refractivity contribution in [2.45, 2.75) is 44.8 Å². The zero-order valence-corrected chi connectivity index (χ0v) is 12.0. The molecule has 2 saturated heterocycles. The van der Waals surface area contributed by atoms with Crippen molar-refractivity contribution in [3.05, 3.63) is 0 Å². The minimum atomic E-state index is -0.540. The van der Waals surface area contributed by atoms with E-state index in [1.165, 1.54) is 7.11 Å². The van der Waals surface area contributed by atoms with Gasteiger partial charge in [0, 0.05) is 6.54 Å². The molecule has 0 aromatic rings. The third kappa shape index (κ3) is 2.86. The van der Waals surface area contributed by atoms with Gasteiger partial charge in [-0.25, -0.2) is 4.79 Å². The molecule has 0 aromatic heterocycles. The molecule has 2 fully saturated rings. The van der Waals surface area contributed by atoms with Crippen LogP contribution in [-0.4, -0.2) is 54.6 Å². The highest BCUT2D eigenvalue weighted by Gasteiger charge is 2.46. The summed E-state index contributed by atoms with van der Waals surface area (Å²) in [5, 5.41) is 5.43. The largest absolute Gasteiger partial charge is 0.453 e. The molecule has 7 nitrogen and oxygen atoms in total. The lowest BCUT2D eigenvalue weighted by Crippen LogP contribution is -2.61. The first-order valence-corrected chi connectivity index (χ1v) is 6.87. The topological polar surface area (TPSA) is 87.7 Å². The molecule has 0 spiro atoms. The van der Waals surface area contributed by atoms with Crippen LogP contribution in [0.1, 0.15) is 26.7 Å². The van der Waals surface area contributed by atoms with Crippen molar-refractivity contribution < 1.29 is 19.1 Å². The van der Waals surface area contributed by atoms with E-state index in [0.717, 1.165) is 0 Å². The van der Waals surface area contributed by atoms with E-state index in [4.69, 9.17) is 0 Å². The zero-order chi connectivity index (χ0) is 14.9. The van der Waals surface area contributed by atoms with Crippen LogP contribution in [0, 0.1) is 5.92 Å². The highest BCUT2D eigenvalue weighted by Crippen LogP contribution is 2.24. The molecule has 2 aliphatic rings. The van der Waals surface area contributed by atoms with Crippen LogP contribution in [-0.2, 0) is 14.3 Å². The maximum absolute atomic E-state index is 12.4. The molecule has 0 aromatic carbocycles. The minimum absolute atomic E-state index is 0.0579. The number of amides is 3. The fourth-order valence-corrected chi connectivity index (χ4v) is 2.82. The number of nitrogens with zero attached hydrogens (tertiary/aromatic N) is 1. The Morgan fingerprint density at radius 1 is 1.50 bits per heavy atom. The Morgan fingerprint density at radius 3 is 2.80 bits per heavy atom. The van der Waals surface area contributed by atoms with Gasteiger partial charge in [-0.2, -0.15) is 0 Å². The second-order valence-electron chi connectivity index (χ2n) is 5.77. The van der Waals surface area contributed by atoms with Crippen LogP contribution in [0.15, 0.2) is 0 Å². The Morgan fingerprint density at radius 2 is 2.20 bits per heavy atom. The van der Waals surface area contributed by atoms with E-state index in [-0.39, 0.29) is 17.9 Å². The third-order valence-electron chi connectivity index (χ3n) is 3.72. The molecule has 0 unspecified atom stereocenters. The number of carbonyl (C=O) groups excluding carboxylic acids is 3. The predicted octanol–water partition coefficient (Wildman–Crippen LogP) is -0.144. The molecular formula is C13H21N3O4. The van der Waals surface area contributed by atoms with E-state index in [9.17, 15) is 14.4 Å². The van der Waals surface area contributed by atoms with Crippen LogP contribution in [0.5, 0.6) is 0 Å². The smallest absolute Gasteiger partial charge is 0.407 e. The molecule has 0 saturated carbocycles. The molecule has 3 atom stereocenters. The van der Waals surface area contributed by atoms with Crippen molar-refractivity contribution in [2.75, 3.05) is 13.7 Å².